The van der Waals surface area contributed by atoms with Gasteiger partial charge in [0, 0.05) is 0 Å². The molecular formula is C15H17NO7. The normalized spacial score (nSPS) is 10.5. The topological polar surface area (TPSA) is 100 Å². The van der Waals surface area contributed by atoms with E-state index >= 15 is 0 Å². The molecule has 0 bridgehead atoms. The zero-order valence-electron chi connectivity index (χ0n) is 13.2. The van der Waals surface area contributed by atoms with Crippen LogP contribution in [0.2, 0.25) is 0 Å². The van der Waals surface area contributed by atoms with Crippen LogP contribution >= 0.6 is 0 Å². The van der Waals surface area contributed by atoms with E-state index in [-0.39, 0.29) is 17.0 Å². The van der Waals surface area contributed by atoms with Crippen LogP contribution in [0.5, 0.6) is 5.75 Å². The van der Waals surface area contributed by atoms with Gasteiger partial charge < -0.3 is 24.3 Å². The van der Waals surface area contributed by atoms with E-state index in [2.05, 4.69) is 19.5 Å². The van der Waals surface area contributed by atoms with Gasteiger partial charge in [-0.25, -0.2) is 14.4 Å². The van der Waals surface area contributed by atoms with Crippen molar-refractivity contribution in [3.63, 3.8) is 0 Å². The van der Waals surface area contributed by atoms with Crippen LogP contribution in [-0.2, 0) is 23.8 Å². The summed E-state index contributed by atoms with van der Waals surface area (Å²) in [7, 11) is 5.00. The zero-order chi connectivity index (χ0) is 17.4. The third-order valence-corrected chi connectivity index (χ3v) is 2.76. The fourth-order valence-electron chi connectivity index (χ4n) is 1.62. The van der Waals surface area contributed by atoms with Gasteiger partial charge in [-0.3, -0.25) is 0 Å². The van der Waals surface area contributed by atoms with Crippen LogP contribution in [0.1, 0.15) is 10.4 Å². The summed E-state index contributed by atoms with van der Waals surface area (Å²) in [6, 6.07) is 4.41. The van der Waals surface area contributed by atoms with Gasteiger partial charge in [0.2, 0.25) is 0 Å². The van der Waals surface area contributed by atoms with E-state index in [1.54, 1.807) is 0 Å². The minimum atomic E-state index is -0.769. The van der Waals surface area contributed by atoms with Gasteiger partial charge in [-0.2, -0.15) is 0 Å². The number of anilines is 1. The number of hydrogen-bond donors (Lipinski definition) is 1. The smallest absolute Gasteiger partial charge is 0.354 e. The second-order valence-electron chi connectivity index (χ2n) is 4.10. The average molecular weight is 323 g/mol. The van der Waals surface area contributed by atoms with E-state index in [9.17, 15) is 14.4 Å². The first-order valence-electron chi connectivity index (χ1n) is 6.38. The molecule has 1 aromatic carbocycles. The number of rotatable bonds is 6. The standard InChI is InChI=1S/C15H17NO7/c1-20-12-7-9(14(18)22-3)5-6-10(12)16-11(15(19)23-4)8-13(17)21-2/h5-8,16H,1-4H3/b11-8+. The maximum Gasteiger partial charge on any atom is 0.354 e. The Kier molecular flexibility index (Phi) is 6.60. The van der Waals surface area contributed by atoms with Gasteiger partial charge in [-0.05, 0) is 18.2 Å². The number of ether oxygens (including phenoxy) is 4. The molecule has 1 rings (SSSR count). The molecule has 124 valence electrons. The Morgan fingerprint density at radius 2 is 1.70 bits per heavy atom. The summed E-state index contributed by atoms with van der Waals surface area (Å²) >= 11 is 0. The van der Waals surface area contributed by atoms with E-state index < -0.39 is 17.9 Å². The highest BCUT2D eigenvalue weighted by Gasteiger charge is 2.16. The molecule has 8 nitrogen and oxygen atoms in total. The van der Waals surface area contributed by atoms with E-state index in [0.29, 0.717) is 5.69 Å². The third-order valence-electron chi connectivity index (χ3n) is 2.76. The Balaban J connectivity index is 3.18. The lowest BCUT2D eigenvalue weighted by molar-refractivity contribution is -0.138. The molecule has 0 amide bonds. The summed E-state index contributed by atoms with van der Waals surface area (Å²) in [5, 5.41) is 2.71. The highest BCUT2D eigenvalue weighted by atomic mass is 16.5. The first-order valence-corrected chi connectivity index (χ1v) is 6.38. The van der Waals surface area contributed by atoms with E-state index in [1.807, 2.05) is 0 Å². The molecule has 0 spiro atoms. The van der Waals surface area contributed by atoms with Crippen molar-refractivity contribution in [2.75, 3.05) is 33.8 Å². The average Bonchev–Trinajstić information content (AvgIpc) is 2.59. The predicted molar refractivity (Wildman–Crippen MR) is 80.1 cm³/mol. The van der Waals surface area contributed by atoms with Gasteiger partial charge in [0.1, 0.15) is 11.4 Å². The highest BCUT2D eigenvalue weighted by Crippen LogP contribution is 2.27. The largest absolute Gasteiger partial charge is 0.495 e. The van der Waals surface area contributed by atoms with Crippen LogP contribution in [0.4, 0.5) is 5.69 Å². The van der Waals surface area contributed by atoms with Crippen molar-refractivity contribution >= 4 is 23.6 Å². The van der Waals surface area contributed by atoms with Crippen molar-refractivity contribution in [3.8, 4) is 5.75 Å². The third kappa shape index (κ3) is 4.73. The quantitative estimate of drug-likeness (QED) is 0.472. The SMILES string of the molecule is COC(=O)/C=C(/Nc1ccc(C(=O)OC)cc1OC)C(=O)OC. The Morgan fingerprint density at radius 3 is 2.22 bits per heavy atom. The molecule has 0 fully saturated rings. The molecule has 0 aliphatic heterocycles. The molecule has 1 N–H and O–H groups in total. The molecule has 1 aromatic rings. The maximum atomic E-state index is 11.7. The van der Waals surface area contributed by atoms with Crippen LogP contribution < -0.4 is 10.1 Å². The number of nitrogens with one attached hydrogen (secondary N) is 1. The fraction of sp³-hybridized carbons (Fsp3) is 0.267. The van der Waals surface area contributed by atoms with Crippen LogP contribution in [0.15, 0.2) is 30.0 Å². The summed E-state index contributed by atoms with van der Waals surface area (Å²) in [4.78, 5) is 34.6. The van der Waals surface area contributed by atoms with Crippen molar-refractivity contribution in [3.05, 3.63) is 35.5 Å². The molecule has 23 heavy (non-hydrogen) atoms. The minimum absolute atomic E-state index is 0.150. The lowest BCUT2D eigenvalue weighted by atomic mass is 10.2. The summed E-state index contributed by atoms with van der Waals surface area (Å²) in [5.41, 5.74) is 0.468. The Morgan fingerprint density at radius 1 is 1.00 bits per heavy atom. The van der Waals surface area contributed by atoms with Crippen LogP contribution in [0.25, 0.3) is 0 Å². The molecule has 0 aliphatic rings. The number of carbonyl (C=O) groups is 3. The molecule has 0 heterocycles. The van der Waals surface area contributed by atoms with Gasteiger partial charge in [0.15, 0.2) is 0 Å². The van der Waals surface area contributed by atoms with Gasteiger partial charge in [0.05, 0.1) is 45.8 Å². The van der Waals surface area contributed by atoms with Crippen molar-refractivity contribution < 1.29 is 33.3 Å². The van der Waals surface area contributed by atoms with Crippen LogP contribution in [0.3, 0.4) is 0 Å². The summed E-state index contributed by atoms with van der Waals surface area (Å²) in [5.74, 6) is -1.77. The lowest BCUT2D eigenvalue weighted by Crippen LogP contribution is -2.16. The lowest BCUT2D eigenvalue weighted by Gasteiger charge is -2.13. The first kappa shape index (κ1) is 18.0. The first-order chi connectivity index (χ1) is 11.0. The molecule has 0 unspecified atom stereocenters. The van der Waals surface area contributed by atoms with Gasteiger partial charge in [0.25, 0.3) is 0 Å². The molecule has 0 atom stereocenters. The van der Waals surface area contributed by atoms with E-state index in [4.69, 9.17) is 4.74 Å². The number of carbonyl (C=O) groups excluding carboxylic acids is 3. The molecule has 0 saturated heterocycles. The van der Waals surface area contributed by atoms with Crippen molar-refractivity contribution in [1.29, 1.82) is 0 Å². The molecule has 8 heteroatoms. The Bertz CT molecular complexity index is 637. The molecular weight excluding hydrogens is 306 g/mol. The summed E-state index contributed by atoms with van der Waals surface area (Å²) in [6.07, 6.45) is 0.944. The Hall–Kier alpha value is -3.03. The van der Waals surface area contributed by atoms with Gasteiger partial charge in [-0.1, -0.05) is 0 Å². The number of hydrogen-bond acceptors (Lipinski definition) is 8. The molecule has 0 aliphatic carbocycles. The number of esters is 3. The molecule has 0 aromatic heterocycles. The van der Waals surface area contributed by atoms with Gasteiger partial charge in [-0.15, -0.1) is 0 Å². The summed E-state index contributed by atoms with van der Waals surface area (Å²) in [6.45, 7) is 0. The van der Waals surface area contributed by atoms with Crippen molar-refractivity contribution in [2.45, 2.75) is 0 Å². The van der Waals surface area contributed by atoms with E-state index in [0.717, 1.165) is 6.08 Å². The zero-order valence-corrected chi connectivity index (χ0v) is 13.2. The van der Waals surface area contributed by atoms with Gasteiger partial charge >= 0.3 is 17.9 Å². The molecule has 0 radical (unpaired) electrons. The van der Waals surface area contributed by atoms with E-state index in [1.165, 1.54) is 46.6 Å². The summed E-state index contributed by atoms with van der Waals surface area (Å²) < 4.78 is 18.8. The van der Waals surface area contributed by atoms with Crippen molar-refractivity contribution in [2.24, 2.45) is 0 Å². The van der Waals surface area contributed by atoms with Crippen LogP contribution in [-0.4, -0.2) is 46.3 Å². The second-order valence-corrected chi connectivity index (χ2v) is 4.10. The molecule has 0 saturated carbocycles. The minimum Gasteiger partial charge on any atom is -0.495 e. The van der Waals surface area contributed by atoms with Crippen molar-refractivity contribution in [1.82, 2.24) is 0 Å². The fourth-order valence-corrected chi connectivity index (χ4v) is 1.62. The highest BCUT2D eigenvalue weighted by molar-refractivity contribution is 5.99. The number of benzene rings is 1. The predicted octanol–water partition coefficient (Wildman–Crippen LogP) is 1.12. The maximum absolute atomic E-state index is 11.7. The Labute approximate surface area is 133 Å². The second kappa shape index (κ2) is 8.42. The van der Waals surface area contributed by atoms with Crippen LogP contribution in [0, 0.1) is 0 Å². The number of methoxy groups -OCH3 is 4. The monoisotopic (exact) mass is 323 g/mol.